The van der Waals surface area contributed by atoms with Crippen molar-refractivity contribution in [2.75, 3.05) is 20.3 Å². The molecule has 0 heterocycles. The molecule has 0 saturated carbocycles. The van der Waals surface area contributed by atoms with Crippen LogP contribution >= 0.6 is 0 Å². The van der Waals surface area contributed by atoms with E-state index in [1.165, 1.54) is 13.0 Å². The van der Waals surface area contributed by atoms with Crippen molar-refractivity contribution in [2.24, 2.45) is 11.3 Å². The molecule has 0 aromatic heterocycles. The molecule has 10 nitrogen and oxygen atoms in total. The normalized spacial score (nSPS) is 17.0. The highest BCUT2D eigenvalue weighted by Crippen LogP contribution is 2.17. The number of hydrogen-bond acceptors (Lipinski definition) is 8. The zero-order chi connectivity index (χ0) is 24.4. The third-order valence-electron chi connectivity index (χ3n) is 4.18. The van der Waals surface area contributed by atoms with Gasteiger partial charge < -0.3 is 35.4 Å². The molecule has 0 aliphatic carbocycles. The summed E-state index contributed by atoms with van der Waals surface area (Å²) in [5.41, 5.74) is -0.250. The van der Waals surface area contributed by atoms with Gasteiger partial charge in [0.2, 0.25) is 5.91 Å². The van der Waals surface area contributed by atoms with Crippen molar-refractivity contribution in [3.8, 4) is 0 Å². The molecular weight excluding hydrogens is 408 g/mol. The van der Waals surface area contributed by atoms with Gasteiger partial charge in [-0.15, -0.1) is 0 Å². The van der Waals surface area contributed by atoms with Gasteiger partial charge in [-0.2, -0.15) is 0 Å². The van der Waals surface area contributed by atoms with Gasteiger partial charge in [-0.3, -0.25) is 14.4 Å². The molecule has 0 aliphatic rings. The van der Waals surface area contributed by atoms with Crippen molar-refractivity contribution in [3.05, 3.63) is 12.2 Å². The molecule has 31 heavy (non-hydrogen) atoms. The molecule has 10 heteroatoms. The Bertz CT molecular complexity index is 615. The Morgan fingerprint density at radius 2 is 1.58 bits per heavy atom. The molecule has 0 aliphatic heterocycles. The molecule has 2 amide bonds. The van der Waals surface area contributed by atoms with Gasteiger partial charge in [0, 0.05) is 7.11 Å². The minimum absolute atomic E-state index is 0.00497. The Labute approximate surface area is 184 Å². The molecule has 180 valence electrons. The zero-order valence-corrected chi connectivity index (χ0v) is 19.4. The number of methoxy groups -OCH3 is 1. The average Bonchev–Trinajstić information content (AvgIpc) is 2.67. The van der Waals surface area contributed by atoms with E-state index in [2.05, 4.69) is 10.6 Å². The van der Waals surface area contributed by atoms with E-state index in [0.717, 1.165) is 7.11 Å². The Hall–Kier alpha value is -2.01. The van der Waals surface area contributed by atoms with Gasteiger partial charge in [0.25, 0.3) is 5.91 Å². The highest BCUT2D eigenvalue weighted by atomic mass is 16.5. The van der Waals surface area contributed by atoms with Crippen LogP contribution in [0.5, 0.6) is 0 Å². The van der Waals surface area contributed by atoms with Crippen molar-refractivity contribution in [1.29, 1.82) is 0 Å². The summed E-state index contributed by atoms with van der Waals surface area (Å²) in [4.78, 5) is 35.9. The topological polar surface area (TPSA) is 154 Å². The van der Waals surface area contributed by atoms with E-state index in [4.69, 9.17) is 9.47 Å². The summed E-state index contributed by atoms with van der Waals surface area (Å²) in [6.07, 6.45) is -3.37. The van der Waals surface area contributed by atoms with E-state index in [9.17, 15) is 29.7 Å². The highest BCUT2D eigenvalue weighted by molar-refractivity contribution is 5.89. The summed E-state index contributed by atoms with van der Waals surface area (Å²) >= 11 is 0. The number of carbonyl (C=O) groups excluding carboxylic acids is 3. The van der Waals surface area contributed by atoms with Gasteiger partial charge in [-0.05, 0) is 12.3 Å². The number of nitrogens with one attached hydrogen (secondary N) is 2. The van der Waals surface area contributed by atoms with E-state index in [1.807, 2.05) is 20.8 Å². The van der Waals surface area contributed by atoms with Crippen LogP contribution in [0.25, 0.3) is 0 Å². The van der Waals surface area contributed by atoms with E-state index < -0.39 is 42.3 Å². The number of aliphatic hydroxyl groups excluding tert-OH is 3. The van der Waals surface area contributed by atoms with Gasteiger partial charge in [0.1, 0.15) is 31.0 Å². The number of hydrogen-bond donors (Lipinski definition) is 5. The first-order chi connectivity index (χ1) is 14.2. The smallest absolute Gasteiger partial charge is 0.308 e. The molecule has 0 saturated heterocycles. The zero-order valence-electron chi connectivity index (χ0n) is 19.4. The number of esters is 1. The van der Waals surface area contributed by atoms with Crippen LogP contribution in [-0.2, 0) is 23.9 Å². The van der Waals surface area contributed by atoms with E-state index >= 15 is 0 Å². The second-order valence-electron chi connectivity index (χ2n) is 8.70. The van der Waals surface area contributed by atoms with Crippen molar-refractivity contribution in [1.82, 2.24) is 10.6 Å². The van der Waals surface area contributed by atoms with E-state index in [1.54, 1.807) is 19.9 Å². The SMILES string of the molecule is CO[C@@H](C(=O)N[C@@H](C)C(=O)NCCOC(=O)C(C)C)[C@H](O)[C@@H](O)[C@H](O)C=CC(C)(C)C. The lowest BCUT2D eigenvalue weighted by Gasteiger charge is -2.28. The maximum atomic E-state index is 12.4. The maximum Gasteiger partial charge on any atom is 0.308 e. The summed E-state index contributed by atoms with van der Waals surface area (Å²) < 4.78 is 9.91. The Balaban J connectivity index is 4.73. The molecule has 5 atom stereocenters. The van der Waals surface area contributed by atoms with Gasteiger partial charge in [0.05, 0.1) is 12.5 Å². The third kappa shape index (κ3) is 11.3. The molecule has 0 aromatic carbocycles. The lowest BCUT2D eigenvalue weighted by Crippen LogP contribution is -2.55. The van der Waals surface area contributed by atoms with Crippen LogP contribution in [0.2, 0.25) is 0 Å². The van der Waals surface area contributed by atoms with Crippen molar-refractivity contribution in [3.63, 3.8) is 0 Å². The minimum atomic E-state index is -1.74. The first kappa shape index (κ1) is 29.0. The molecule has 0 unspecified atom stereocenters. The van der Waals surface area contributed by atoms with Crippen LogP contribution in [0.4, 0.5) is 0 Å². The Kier molecular flexibility index (Phi) is 12.5. The quantitative estimate of drug-likeness (QED) is 0.153. The van der Waals surface area contributed by atoms with Gasteiger partial charge in [-0.1, -0.05) is 46.8 Å². The van der Waals surface area contributed by atoms with Crippen LogP contribution in [0.3, 0.4) is 0 Å². The van der Waals surface area contributed by atoms with Gasteiger partial charge in [-0.25, -0.2) is 0 Å². The molecule has 0 bridgehead atoms. The summed E-state index contributed by atoms with van der Waals surface area (Å²) in [7, 11) is 1.16. The van der Waals surface area contributed by atoms with Crippen molar-refractivity contribution < 1.29 is 39.2 Å². The summed E-state index contributed by atoms with van der Waals surface area (Å²) in [6.45, 7) is 10.5. The molecule has 0 radical (unpaired) electrons. The van der Waals surface area contributed by atoms with Crippen molar-refractivity contribution >= 4 is 17.8 Å². The number of aliphatic hydroxyl groups is 3. The molecule has 0 fully saturated rings. The first-order valence-electron chi connectivity index (χ1n) is 10.2. The van der Waals surface area contributed by atoms with Crippen molar-refractivity contribution in [2.45, 2.75) is 72.0 Å². The van der Waals surface area contributed by atoms with Gasteiger partial charge in [0.15, 0.2) is 6.10 Å². The first-order valence-corrected chi connectivity index (χ1v) is 10.2. The fraction of sp³-hybridized carbons (Fsp3) is 0.762. The average molecular weight is 447 g/mol. The fourth-order valence-corrected chi connectivity index (χ4v) is 2.29. The minimum Gasteiger partial charge on any atom is -0.464 e. The number of allylic oxidation sites excluding steroid dienone is 1. The second kappa shape index (κ2) is 13.4. The predicted molar refractivity (Wildman–Crippen MR) is 114 cm³/mol. The number of amides is 2. The maximum absolute atomic E-state index is 12.4. The predicted octanol–water partition coefficient (Wildman–Crippen LogP) is -0.493. The van der Waals surface area contributed by atoms with Crippen LogP contribution in [0.1, 0.15) is 41.5 Å². The molecule has 0 spiro atoms. The third-order valence-corrected chi connectivity index (χ3v) is 4.18. The number of carbonyl (C=O) groups is 3. The summed E-state index contributed by atoms with van der Waals surface area (Å²) in [5.74, 6) is -2.03. The van der Waals surface area contributed by atoms with Crippen LogP contribution in [-0.4, -0.2) is 83.8 Å². The summed E-state index contributed by atoms with van der Waals surface area (Å²) in [5, 5.41) is 35.4. The lowest BCUT2D eigenvalue weighted by molar-refractivity contribution is -0.150. The standard InChI is InChI=1S/C21H38N2O8/c1-12(2)20(29)31-11-10-22-18(27)13(3)23-19(28)17(30-7)16(26)15(25)14(24)8-9-21(4,5)6/h8-9,12-17,24-26H,10-11H2,1-7H3,(H,22,27)(H,23,28)/t13-,14+,15-,16+,17+/m0/s1. The largest absolute Gasteiger partial charge is 0.464 e. The number of ether oxygens (including phenoxy) is 2. The Morgan fingerprint density at radius 3 is 2.06 bits per heavy atom. The van der Waals surface area contributed by atoms with Crippen LogP contribution in [0, 0.1) is 11.3 Å². The monoisotopic (exact) mass is 446 g/mol. The van der Waals surface area contributed by atoms with Crippen LogP contribution < -0.4 is 10.6 Å². The van der Waals surface area contributed by atoms with Gasteiger partial charge >= 0.3 is 5.97 Å². The van der Waals surface area contributed by atoms with E-state index in [-0.39, 0.29) is 30.5 Å². The molecule has 0 rings (SSSR count). The Morgan fingerprint density at radius 1 is 1.00 bits per heavy atom. The summed E-state index contributed by atoms with van der Waals surface area (Å²) in [6, 6.07) is -0.985. The highest BCUT2D eigenvalue weighted by Gasteiger charge is 2.36. The van der Waals surface area contributed by atoms with Crippen LogP contribution in [0.15, 0.2) is 12.2 Å². The lowest BCUT2D eigenvalue weighted by atomic mass is 9.94. The molecule has 0 aromatic rings. The fourth-order valence-electron chi connectivity index (χ4n) is 2.29. The molecular formula is C21H38N2O8. The second-order valence-corrected chi connectivity index (χ2v) is 8.70. The van der Waals surface area contributed by atoms with E-state index in [0.29, 0.717) is 0 Å². The molecule has 5 N–H and O–H groups in total. The number of rotatable bonds is 12.